The number of aliphatic imine (C=N–C) groups is 1. The van der Waals surface area contributed by atoms with Crippen LogP contribution < -0.4 is 5.73 Å². The fourth-order valence-electron chi connectivity index (χ4n) is 0.510. The van der Waals surface area contributed by atoms with Crippen molar-refractivity contribution in [2.24, 2.45) is 10.7 Å². The van der Waals surface area contributed by atoms with Gasteiger partial charge in [0, 0.05) is 13.0 Å². The van der Waals surface area contributed by atoms with Crippen LogP contribution in [0.3, 0.4) is 0 Å². The van der Waals surface area contributed by atoms with E-state index in [9.17, 15) is 0 Å². The topological polar surface area (TPSA) is 47.6 Å². The summed E-state index contributed by atoms with van der Waals surface area (Å²) in [5.41, 5.74) is 5.45. The van der Waals surface area contributed by atoms with E-state index in [4.69, 9.17) is 10.5 Å². The van der Waals surface area contributed by atoms with E-state index in [1.807, 2.05) is 13.8 Å². The van der Waals surface area contributed by atoms with Gasteiger partial charge in [0.05, 0.1) is 19.0 Å². The zero-order valence-corrected chi connectivity index (χ0v) is 6.76. The maximum Gasteiger partial charge on any atom is 0.0935 e. The maximum atomic E-state index is 5.45. The van der Waals surface area contributed by atoms with Crippen molar-refractivity contribution < 1.29 is 4.74 Å². The van der Waals surface area contributed by atoms with Crippen LogP contribution in [0.25, 0.3) is 0 Å². The normalized spacial score (nSPS) is 12.0. The van der Waals surface area contributed by atoms with Gasteiger partial charge in [-0.25, -0.2) is 0 Å². The first-order valence-electron chi connectivity index (χ1n) is 3.67. The standard InChI is InChI=1S/C7H16N2O/c1-3-7(8)9-5-6-10-4-2/h3-6H2,1-2H3,(H2,8,9). The molecule has 0 aromatic carbocycles. The third kappa shape index (κ3) is 5.56. The second kappa shape index (κ2) is 6.55. The molecule has 0 saturated carbocycles. The van der Waals surface area contributed by atoms with E-state index >= 15 is 0 Å². The summed E-state index contributed by atoms with van der Waals surface area (Å²) in [7, 11) is 0. The van der Waals surface area contributed by atoms with Crippen molar-refractivity contribution >= 4 is 5.84 Å². The largest absolute Gasteiger partial charge is 0.387 e. The highest BCUT2D eigenvalue weighted by Gasteiger charge is 1.85. The Hall–Kier alpha value is -0.570. The molecule has 0 bridgehead atoms. The zero-order valence-electron chi connectivity index (χ0n) is 6.76. The molecule has 3 heteroatoms. The predicted molar refractivity (Wildman–Crippen MR) is 43.3 cm³/mol. The Balaban J connectivity index is 3.16. The van der Waals surface area contributed by atoms with Crippen molar-refractivity contribution in [3.05, 3.63) is 0 Å². The lowest BCUT2D eigenvalue weighted by atomic mass is 10.4. The summed E-state index contributed by atoms with van der Waals surface area (Å²) >= 11 is 0. The number of hydrogen-bond donors (Lipinski definition) is 1. The zero-order chi connectivity index (χ0) is 7.82. The van der Waals surface area contributed by atoms with Gasteiger partial charge < -0.3 is 10.5 Å². The van der Waals surface area contributed by atoms with E-state index in [1.165, 1.54) is 0 Å². The van der Waals surface area contributed by atoms with Crippen molar-refractivity contribution in [3.8, 4) is 0 Å². The second-order valence-corrected chi connectivity index (χ2v) is 1.92. The molecule has 3 nitrogen and oxygen atoms in total. The Kier molecular flexibility index (Phi) is 6.18. The summed E-state index contributed by atoms with van der Waals surface area (Å²) in [6.45, 7) is 6.07. The lowest BCUT2D eigenvalue weighted by Crippen LogP contribution is -2.11. The Morgan fingerprint density at radius 1 is 1.50 bits per heavy atom. The van der Waals surface area contributed by atoms with Gasteiger partial charge in [-0.1, -0.05) is 6.92 Å². The quantitative estimate of drug-likeness (QED) is 0.352. The average Bonchev–Trinajstić information content (AvgIpc) is 1.98. The Labute approximate surface area is 62.3 Å². The molecule has 0 heterocycles. The molecule has 0 spiro atoms. The lowest BCUT2D eigenvalue weighted by Gasteiger charge is -1.97. The summed E-state index contributed by atoms with van der Waals surface area (Å²) < 4.78 is 5.07. The third-order valence-electron chi connectivity index (χ3n) is 1.12. The minimum Gasteiger partial charge on any atom is -0.387 e. The van der Waals surface area contributed by atoms with E-state index in [0.29, 0.717) is 19.0 Å². The molecule has 0 fully saturated rings. The summed E-state index contributed by atoms with van der Waals surface area (Å²) in [5, 5.41) is 0. The monoisotopic (exact) mass is 144 g/mol. The fraction of sp³-hybridized carbons (Fsp3) is 0.857. The van der Waals surface area contributed by atoms with Crippen LogP contribution in [0.4, 0.5) is 0 Å². The summed E-state index contributed by atoms with van der Waals surface area (Å²) in [5.74, 6) is 0.708. The molecule has 0 unspecified atom stereocenters. The van der Waals surface area contributed by atoms with Gasteiger partial charge in [-0.05, 0) is 6.92 Å². The van der Waals surface area contributed by atoms with E-state index in [1.54, 1.807) is 0 Å². The number of ether oxygens (including phenoxy) is 1. The van der Waals surface area contributed by atoms with Crippen molar-refractivity contribution in [3.63, 3.8) is 0 Å². The highest BCUT2D eigenvalue weighted by atomic mass is 16.5. The lowest BCUT2D eigenvalue weighted by molar-refractivity contribution is 0.156. The smallest absolute Gasteiger partial charge is 0.0935 e. The van der Waals surface area contributed by atoms with Crippen molar-refractivity contribution in [2.45, 2.75) is 20.3 Å². The maximum absolute atomic E-state index is 5.45. The van der Waals surface area contributed by atoms with Crippen LogP contribution in [0.1, 0.15) is 20.3 Å². The molecule has 0 aliphatic rings. The van der Waals surface area contributed by atoms with Gasteiger partial charge in [0.1, 0.15) is 0 Å². The van der Waals surface area contributed by atoms with E-state index in [2.05, 4.69) is 4.99 Å². The molecule has 0 aliphatic carbocycles. The number of rotatable bonds is 5. The molecule has 0 atom stereocenters. The predicted octanol–water partition coefficient (Wildman–Crippen LogP) is 0.790. The van der Waals surface area contributed by atoms with Crippen LogP contribution in [-0.4, -0.2) is 25.6 Å². The van der Waals surface area contributed by atoms with E-state index in [-0.39, 0.29) is 0 Å². The Morgan fingerprint density at radius 3 is 2.70 bits per heavy atom. The van der Waals surface area contributed by atoms with Gasteiger partial charge in [-0.15, -0.1) is 0 Å². The summed E-state index contributed by atoms with van der Waals surface area (Å²) in [6.07, 6.45) is 0.826. The molecule has 10 heavy (non-hydrogen) atoms. The second-order valence-electron chi connectivity index (χ2n) is 1.92. The van der Waals surface area contributed by atoms with Crippen LogP contribution in [0.2, 0.25) is 0 Å². The molecule has 0 rings (SSSR count). The molecule has 0 saturated heterocycles. The minimum atomic E-state index is 0.678. The first kappa shape index (κ1) is 9.43. The SMILES string of the molecule is CCOCCN=C(N)CC. The van der Waals surface area contributed by atoms with Crippen LogP contribution >= 0.6 is 0 Å². The van der Waals surface area contributed by atoms with Crippen LogP contribution in [0.5, 0.6) is 0 Å². The summed E-state index contributed by atoms with van der Waals surface area (Å²) in [4.78, 5) is 4.05. The third-order valence-corrected chi connectivity index (χ3v) is 1.12. The van der Waals surface area contributed by atoms with Gasteiger partial charge >= 0.3 is 0 Å². The molecule has 0 aromatic heterocycles. The van der Waals surface area contributed by atoms with E-state index < -0.39 is 0 Å². The number of nitrogens with zero attached hydrogens (tertiary/aromatic N) is 1. The van der Waals surface area contributed by atoms with Gasteiger partial charge in [-0.2, -0.15) is 0 Å². The number of amidine groups is 1. The Bertz CT molecular complexity index is 102. The molecule has 60 valence electrons. The average molecular weight is 144 g/mol. The first-order valence-corrected chi connectivity index (χ1v) is 3.67. The van der Waals surface area contributed by atoms with E-state index in [0.717, 1.165) is 13.0 Å². The van der Waals surface area contributed by atoms with Gasteiger partial charge in [0.15, 0.2) is 0 Å². The molecule has 0 aliphatic heterocycles. The number of hydrogen-bond acceptors (Lipinski definition) is 2. The highest BCUT2D eigenvalue weighted by Crippen LogP contribution is 1.79. The van der Waals surface area contributed by atoms with Crippen LogP contribution in [-0.2, 0) is 4.74 Å². The van der Waals surface area contributed by atoms with Gasteiger partial charge in [0.2, 0.25) is 0 Å². The Morgan fingerprint density at radius 2 is 2.20 bits per heavy atom. The molecule has 0 radical (unpaired) electrons. The van der Waals surface area contributed by atoms with Gasteiger partial charge in [0.25, 0.3) is 0 Å². The number of nitrogens with two attached hydrogens (primary N) is 1. The van der Waals surface area contributed by atoms with Crippen LogP contribution in [0.15, 0.2) is 4.99 Å². The first-order chi connectivity index (χ1) is 4.81. The highest BCUT2D eigenvalue weighted by molar-refractivity contribution is 5.79. The minimum absolute atomic E-state index is 0.678. The van der Waals surface area contributed by atoms with Crippen molar-refractivity contribution in [1.82, 2.24) is 0 Å². The van der Waals surface area contributed by atoms with Gasteiger partial charge in [-0.3, -0.25) is 4.99 Å². The molecule has 2 N–H and O–H groups in total. The fourth-order valence-corrected chi connectivity index (χ4v) is 0.510. The van der Waals surface area contributed by atoms with Crippen molar-refractivity contribution in [1.29, 1.82) is 0 Å². The molecular weight excluding hydrogens is 128 g/mol. The van der Waals surface area contributed by atoms with Crippen LogP contribution in [0, 0.1) is 0 Å². The molecular formula is C7H16N2O. The molecule has 0 amide bonds. The van der Waals surface area contributed by atoms with Crippen molar-refractivity contribution in [2.75, 3.05) is 19.8 Å². The summed E-state index contributed by atoms with van der Waals surface area (Å²) in [6, 6.07) is 0. The molecule has 0 aromatic rings.